The minimum absolute atomic E-state index is 0.340. The summed E-state index contributed by atoms with van der Waals surface area (Å²) in [6, 6.07) is 4.06. The molecule has 1 aromatic carbocycles. The number of aliphatic imine (C=N–C) groups is 1. The van der Waals surface area contributed by atoms with Crippen molar-refractivity contribution in [3.63, 3.8) is 0 Å². The Hall–Kier alpha value is -1.93. The van der Waals surface area contributed by atoms with Gasteiger partial charge in [0.2, 0.25) is 0 Å². The summed E-state index contributed by atoms with van der Waals surface area (Å²) in [6.45, 7) is 13.6. The Morgan fingerprint density at radius 2 is 1.76 bits per heavy atom. The van der Waals surface area contributed by atoms with Crippen molar-refractivity contribution in [3.05, 3.63) is 29.8 Å². The summed E-state index contributed by atoms with van der Waals surface area (Å²) in [6.07, 6.45) is 0. The van der Waals surface area contributed by atoms with E-state index in [-0.39, 0.29) is 5.82 Å². The average molecular weight is 409 g/mol. The fraction of sp³-hybridized carbons (Fsp3) is 0.667. The van der Waals surface area contributed by atoms with Gasteiger partial charge in [0, 0.05) is 78.1 Å². The highest BCUT2D eigenvalue weighted by Crippen LogP contribution is 2.22. The van der Waals surface area contributed by atoms with Gasteiger partial charge in [-0.2, -0.15) is 0 Å². The molecular formula is C21H34F2N6. The topological polar surface area (TPSA) is 37.4 Å². The van der Waals surface area contributed by atoms with Crippen molar-refractivity contribution in [2.45, 2.75) is 19.9 Å². The lowest BCUT2D eigenvalue weighted by Gasteiger charge is -2.39. The van der Waals surface area contributed by atoms with Crippen LogP contribution in [0.1, 0.15) is 13.8 Å². The summed E-state index contributed by atoms with van der Waals surface area (Å²) in [4.78, 5) is 13.5. The van der Waals surface area contributed by atoms with Crippen LogP contribution in [0.4, 0.5) is 14.5 Å². The van der Waals surface area contributed by atoms with Crippen molar-refractivity contribution in [3.8, 4) is 0 Å². The molecule has 6 nitrogen and oxygen atoms in total. The second-order valence-electron chi connectivity index (χ2n) is 7.82. The van der Waals surface area contributed by atoms with Crippen LogP contribution < -0.4 is 10.2 Å². The van der Waals surface area contributed by atoms with Crippen LogP contribution in [-0.2, 0) is 0 Å². The van der Waals surface area contributed by atoms with E-state index in [2.05, 4.69) is 38.9 Å². The molecule has 0 bridgehead atoms. The van der Waals surface area contributed by atoms with Crippen LogP contribution in [0.15, 0.2) is 23.2 Å². The highest BCUT2D eigenvalue weighted by molar-refractivity contribution is 5.80. The molecule has 1 N–H and O–H groups in total. The van der Waals surface area contributed by atoms with Crippen molar-refractivity contribution < 1.29 is 8.78 Å². The van der Waals surface area contributed by atoms with Crippen molar-refractivity contribution in [1.82, 2.24) is 20.0 Å². The van der Waals surface area contributed by atoms with E-state index in [1.165, 1.54) is 12.1 Å². The largest absolute Gasteiger partial charge is 0.366 e. The number of hydrogen-bond donors (Lipinski definition) is 1. The third kappa shape index (κ3) is 5.57. The number of rotatable bonds is 5. The first-order chi connectivity index (χ1) is 14.0. The summed E-state index contributed by atoms with van der Waals surface area (Å²) in [5, 5.41) is 3.50. The molecule has 0 saturated carbocycles. The van der Waals surface area contributed by atoms with Gasteiger partial charge >= 0.3 is 0 Å². The molecule has 0 amide bonds. The van der Waals surface area contributed by atoms with Crippen LogP contribution in [0.3, 0.4) is 0 Å². The number of anilines is 1. The average Bonchev–Trinajstić information content (AvgIpc) is 2.76. The number of hydrogen-bond acceptors (Lipinski definition) is 4. The minimum atomic E-state index is -0.407. The van der Waals surface area contributed by atoms with Crippen LogP contribution >= 0.6 is 0 Å². The molecule has 1 aromatic rings. The normalized spacial score (nSPS) is 20.8. The first-order valence-corrected chi connectivity index (χ1v) is 10.6. The van der Waals surface area contributed by atoms with Crippen molar-refractivity contribution in [1.29, 1.82) is 0 Å². The number of likely N-dealkylation sites (N-methyl/N-ethyl adjacent to an activating group) is 1. The molecule has 2 aliphatic rings. The monoisotopic (exact) mass is 408 g/mol. The van der Waals surface area contributed by atoms with E-state index in [1.54, 1.807) is 7.05 Å². The first-order valence-electron chi connectivity index (χ1n) is 10.6. The first kappa shape index (κ1) is 21.8. The quantitative estimate of drug-likeness (QED) is 0.593. The Balaban J connectivity index is 1.47. The van der Waals surface area contributed by atoms with Crippen LogP contribution in [0.25, 0.3) is 0 Å². The van der Waals surface area contributed by atoms with E-state index >= 15 is 0 Å². The van der Waals surface area contributed by atoms with E-state index in [0.717, 1.165) is 64.4 Å². The molecule has 2 fully saturated rings. The second-order valence-corrected chi connectivity index (χ2v) is 7.82. The third-order valence-corrected chi connectivity index (χ3v) is 6.07. The Kier molecular flexibility index (Phi) is 7.66. The van der Waals surface area contributed by atoms with Gasteiger partial charge in [-0.05, 0) is 25.6 Å². The van der Waals surface area contributed by atoms with Crippen LogP contribution in [0.5, 0.6) is 0 Å². The Morgan fingerprint density at radius 1 is 1.07 bits per heavy atom. The maximum atomic E-state index is 14.0. The van der Waals surface area contributed by atoms with Crippen LogP contribution in [0.2, 0.25) is 0 Å². The molecule has 0 aromatic heterocycles. The fourth-order valence-corrected chi connectivity index (χ4v) is 4.11. The van der Waals surface area contributed by atoms with Crippen molar-refractivity contribution in [2.24, 2.45) is 4.99 Å². The van der Waals surface area contributed by atoms with Crippen LogP contribution in [0, 0.1) is 11.6 Å². The van der Waals surface area contributed by atoms with E-state index in [1.807, 2.05) is 4.90 Å². The molecule has 0 radical (unpaired) electrons. The highest BCUT2D eigenvalue weighted by Gasteiger charge is 2.24. The van der Waals surface area contributed by atoms with Gasteiger partial charge in [-0.3, -0.25) is 9.89 Å². The number of benzene rings is 1. The maximum absolute atomic E-state index is 14.0. The predicted octanol–water partition coefficient (Wildman–Crippen LogP) is 1.69. The standard InChI is InChI=1S/C21H34F2N6/c1-4-26-7-9-27(10-8-26)17(2)16-25-21(24-3)29-13-11-28(12-14-29)20-15-18(22)5-6-19(20)23/h5-6,15,17H,4,7-14,16H2,1-3H3,(H,24,25). The smallest absolute Gasteiger partial charge is 0.193 e. The van der Waals surface area contributed by atoms with E-state index in [4.69, 9.17) is 0 Å². The predicted molar refractivity (Wildman–Crippen MR) is 115 cm³/mol. The molecule has 2 heterocycles. The van der Waals surface area contributed by atoms with Crippen molar-refractivity contribution in [2.75, 3.05) is 77.4 Å². The number of halogens is 2. The lowest BCUT2D eigenvalue weighted by Crippen LogP contribution is -2.56. The van der Waals surface area contributed by atoms with Gasteiger partial charge in [0.25, 0.3) is 0 Å². The summed E-state index contributed by atoms with van der Waals surface area (Å²) in [7, 11) is 1.80. The summed E-state index contributed by atoms with van der Waals surface area (Å²) < 4.78 is 27.5. The molecule has 1 atom stereocenters. The molecule has 2 aliphatic heterocycles. The Labute approximate surface area is 173 Å². The molecule has 0 aliphatic carbocycles. The molecule has 2 saturated heterocycles. The van der Waals surface area contributed by atoms with E-state index in [0.29, 0.717) is 24.8 Å². The lowest BCUT2D eigenvalue weighted by molar-refractivity contribution is 0.107. The van der Waals surface area contributed by atoms with Crippen LogP contribution in [-0.4, -0.2) is 99.2 Å². The molecule has 162 valence electrons. The molecule has 8 heteroatoms. The van der Waals surface area contributed by atoms with Gasteiger partial charge in [-0.1, -0.05) is 6.92 Å². The third-order valence-electron chi connectivity index (χ3n) is 6.07. The Bertz CT molecular complexity index is 682. The molecule has 29 heavy (non-hydrogen) atoms. The van der Waals surface area contributed by atoms with Gasteiger partial charge in [0.05, 0.1) is 5.69 Å². The molecular weight excluding hydrogens is 374 g/mol. The second kappa shape index (κ2) is 10.2. The number of piperazine rings is 2. The fourth-order valence-electron chi connectivity index (χ4n) is 4.11. The van der Waals surface area contributed by atoms with Gasteiger partial charge < -0.3 is 20.0 Å². The highest BCUT2D eigenvalue weighted by atomic mass is 19.1. The number of nitrogens with one attached hydrogen (secondary N) is 1. The number of nitrogens with zero attached hydrogens (tertiary/aromatic N) is 5. The van der Waals surface area contributed by atoms with Gasteiger partial charge in [0.15, 0.2) is 5.96 Å². The molecule has 1 unspecified atom stereocenters. The minimum Gasteiger partial charge on any atom is -0.366 e. The molecule has 0 spiro atoms. The van der Waals surface area contributed by atoms with Crippen molar-refractivity contribution >= 4 is 11.6 Å². The summed E-state index contributed by atoms with van der Waals surface area (Å²) >= 11 is 0. The maximum Gasteiger partial charge on any atom is 0.193 e. The Morgan fingerprint density at radius 3 is 2.38 bits per heavy atom. The zero-order valence-corrected chi connectivity index (χ0v) is 17.9. The zero-order valence-electron chi connectivity index (χ0n) is 17.9. The van der Waals surface area contributed by atoms with E-state index < -0.39 is 5.82 Å². The summed E-state index contributed by atoms with van der Waals surface area (Å²) in [5.74, 6) is 0.0952. The lowest BCUT2D eigenvalue weighted by atomic mass is 10.2. The molecule has 3 rings (SSSR count). The summed E-state index contributed by atoms with van der Waals surface area (Å²) in [5.41, 5.74) is 0.340. The van der Waals surface area contributed by atoms with E-state index in [9.17, 15) is 8.78 Å². The zero-order chi connectivity index (χ0) is 20.8. The van der Waals surface area contributed by atoms with Gasteiger partial charge in [0.1, 0.15) is 11.6 Å². The SMILES string of the molecule is CCN1CCN(C(C)CNC(=NC)N2CCN(c3cc(F)ccc3F)CC2)CC1. The van der Waals surface area contributed by atoms with Gasteiger partial charge in [-0.25, -0.2) is 8.78 Å². The number of guanidine groups is 1. The van der Waals surface area contributed by atoms with Gasteiger partial charge in [-0.15, -0.1) is 0 Å².